The van der Waals surface area contributed by atoms with Crippen molar-refractivity contribution in [2.45, 2.75) is 38.8 Å². The van der Waals surface area contributed by atoms with E-state index in [4.69, 9.17) is 4.84 Å². The summed E-state index contributed by atoms with van der Waals surface area (Å²) in [5.74, 6) is 0.956. The van der Waals surface area contributed by atoms with Crippen LogP contribution in [0, 0.1) is 16.7 Å². The van der Waals surface area contributed by atoms with Gasteiger partial charge in [0.05, 0.1) is 5.75 Å². The number of fused-ring (bicyclic) bond motifs is 1. The first-order valence-electron chi connectivity index (χ1n) is 5.58. The molecule has 0 aromatic heterocycles. The van der Waals surface area contributed by atoms with E-state index < -0.39 is 15.7 Å². The summed E-state index contributed by atoms with van der Waals surface area (Å²) in [7, 11) is -3.12. The Kier molecular flexibility index (Phi) is 1.13. The van der Waals surface area contributed by atoms with Gasteiger partial charge in [0.15, 0.2) is 5.72 Å². The summed E-state index contributed by atoms with van der Waals surface area (Å²) < 4.78 is 25.1. The SMILES string of the molecule is CC1(C)[C@@H]2CC[C@]3(C2)CS(=O)(=O)N2O[C@]213. The normalized spacial score (nSPS) is 61.5. The van der Waals surface area contributed by atoms with Crippen LogP contribution in [-0.2, 0) is 14.9 Å². The molecule has 2 bridgehead atoms. The third-order valence-electron chi connectivity index (χ3n) is 5.37. The Labute approximate surface area is 89.6 Å². The van der Waals surface area contributed by atoms with Gasteiger partial charge in [0, 0.05) is 10.8 Å². The van der Waals surface area contributed by atoms with Gasteiger partial charge in [0.25, 0.3) is 0 Å². The van der Waals surface area contributed by atoms with Crippen molar-refractivity contribution in [1.29, 1.82) is 0 Å². The highest BCUT2D eigenvalue weighted by Crippen LogP contribution is 2.80. The van der Waals surface area contributed by atoms with Crippen LogP contribution in [-0.4, -0.2) is 24.4 Å². The van der Waals surface area contributed by atoms with E-state index in [1.54, 1.807) is 0 Å². The van der Waals surface area contributed by atoms with Gasteiger partial charge in [-0.2, -0.15) is 0 Å². The number of nitrogens with zero attached hydrogens (tertiary/aromatic N) is 1. The molecule has 4 rings (SSSR count). The molecule has 2 saturated heterocycles. The van der Waals surface area contributed by atoms with E-state index in [1.807, 2.05) is 0 Å². The molecule has 0 N–H and O–H groups in total. The molecule has 4 atom stereocenters. The molecule has 1 unspecified atom stereocenters. The largest absolute Gasteiger partial charge is 0.254 e. The molecule has 2 aliphatic carbocycles. The highest BCUT2D eigenvalue weighted by atomic mass is 32.2. The molecular weight excluding hydrogens is 214 g/mol. The Hall–Kier alpha value is -0.130. The van der Waals surface area contributed by atoms with E-state index in [0.717, 1.165) is 12.8 Å². The molecular formula is C10H15NO3S. The first-order valence-corrected chi connectivity index (χ1v) is 7.19. The predicted octanol–water partition coefficient (Wildman–Crippen LogP) is 1.10. The van der Waals surface area contributed by atoms with Crippen molar-refractivity contribution in [1.82, 2.24) is 4.47 Å². The third kappa shape index (κ3) is 0.626. The van der Waals surface area contributed by atoms with E-state index in [2.05, 4.69) is 13.8 Å². The van der Waals surface area contributed by atoms with Crippen molar-refractivity contribution in [3.05, 3.63) is 0 Å². The number of sulfonamides is 1. The summed E-state index contributed by atoms with van der Waals surface area (Å²) in [6.07, 6.45) is 3.23. The highest BCUT2D eigenvalue weighted by molar-refractivity contribution is 7.89. The minimum Gasteiger partial charge on any atom is -0.254 e. The lowest BCUT2D eigenvalue weighted by Gasteiger charge is -2.37. The molecule has 4 nitrogen and oxygen atoms in total. The molecule has 0 amide bonds. The van der Waals surface area contributed by atoms with Gasteiger partial charge in [0.1, 0.15) is 0 Å². The van der Waals surface area contributed by atoms with Crippen LogP contribution in [0.25, 0.3) is 0 Å². The standard InChI is InChI=1S/C10H15NO3S/c1-8(2)7-3-4-9(5-7)6-15(12,13)11-10(8,9)14-11/h7H,3-6H2,1-2H3/t7-,9+,10-,11?/m1/s1. The molecule has 84 valence electrons. The maximum absolute atomic E-state index is 11.9. The zero-order valence-corrected chi connectivity index (χ0v) is 9.80. The summed E-state index contributed by atoms with van der Waals surface area (Å²) in [4.78, 5) is 5.56. The molecule has 4 fully saturated rings. The van der Waals surface area contributed by atoms with Crippen LogP contribution >= 0.6 is 0 Å². The van der Waals surface area contributed by atoms with E-state index in [1.165, 1.54) is 10.9 Å². The van der Waals surface area contributed by atoms with E-state index >= 15 is 0 Å². The van der Waals surface area contributed by atoms with Gasteiger partial charge in [-0.05, 0) is 29.6 Å². The smallest absolute Gasteiger partial charge is 0.239 e. The van der Waals surface area contributed by atoms with Crippen molar-refractivity contribution in [2.24, 2.45) is 16.7 Å². The molecule has 2 aliphatic heterocycles. The molecule has 2 spiro atoms. The monoisotopic (exact) mass is 229 g/mol. The van der Waals surface area contributed by atoms with Crippen LogP contribution in [0.2, 0.25) is 0 Å². The Morgan fingerprint density at radius 3 is 2.73 bits per heavy atom. The lowest BCUT2D eigenvalue weighted by molar-refractivity contribution is 0.0327. The second-order valence-corrected chi connectivity index (χ2v) is 7.94. The van der Waals surface area contributed by atoms with Crippen molar-refractivity contribution in [3.63, 3.8) is 0 Å². The fraction of sp³-hybridized carbons (Fsp3) is 1.00. The van der Waals surface area contributed by atoms with Gasteiger partial charge in [-0.25, -0.2) is 8.42 Å². The quantitative estimate of drug-likeness (QED) is 0.584. The van der Waals surface area contributed by atoms with Gasteiger partial charge < -0.3 is 0 Å². The molecule has 2 heterocycles. The first-order chi connectivity index (χ1) is 6.86. The highest BCUT2D eigenvalue weighted by Gasteiger charge is 2.90. The summed E-state index contributed by atoms with van der Waals surface area (Å²) in [6.45, 7) is 4.33. The molecule has 5 heteroatoms. The van der Waals surface area contributed by atoms with Crippen LogP contribution in [0.5, 0.6) is 0 Å². The molecule has 0 radical (unpaired) electrons. The third-order valence-corrected chi connectivity index (χ3v) is 7.13. The average Bonchev–Trinajstić information content (AvgIpc) is 2.67. The molecule has 0 aromatic rings. The lowest BCUT2D eigenvalue weighted by atomic mass is 9.67. The molecule has 2 saturated carbocycles. The Morgan fingerprint density at radius 1 is 1.40 bits per heavy atom. The van der Waals surface area contributed by atoms with Gasteiger partial charge in [-0.15, -0.1) is 0 Å². The Balaban J connectivity index is 1.99. The minimum atomic E-state index is -3.12. The summed E-state index contributed by atoms with van der Waals surface area (Å²) in [5, 5.41) is 0. The zero-order chi connectivity index (χ0) is 10.7. The first kappa shape index (κ1) is 8.96. The second-order valence-electron chi connectivity index (χ2n) is 6.16. The topological polar surface area (TPSA) is 49.7 Å². The average molecular weight is 229 g/mol. The number of hydrogen-bond donors (Lipinski definition) is 0. The van der Waals surface area contributed by atoms with E-state index in [9.17, 15) is 8.42 Å². The Morgan fingerprint density at radius 2 is 2.13 bits per heavy atom. The number of rotatable bonds is 0. The van der Waals surface area contributed by atoms with Crippen LogP contribution in [0.3, 0.4) is 0 Å². The predicted molar refractivity (Wildman–Crippen MR) is 53.0 cm³/mol. The van der Waals surface area contributed by atoms with Crippen molar-refractivity contribution in [3.8, 4) is 0 Å². The van der Waals surface area contributed by atoms with Gasteiger partial charge in [-0.3, -0.25) is 4.84 Å². The van der Waals surface area contributed by atoms with Crippen molar-refractivity contribution in [2.75, 3.05) is 5.75 Å². The summed E-state index contributed by atoms with van der Waals surface area (Å²) >= 11 is 0. The maximum atomic E-state index is 11.9. The van der Waals surface area contributed by atoms with Gasteiger partial charge in [0.2, 0.25) is 10.0 Å². The summed E-state index contributed by atoms with van der Waals surface area (Å²) in [5.41, 5.74) is -0.545. The van der Waals surface area contributed by atoms with Crippen molar-refractivity contribution >= 4 is 10.0 Å². The number of hydroxylamine groups is 1. The van der Waals surface area contributed by atoms with E-state index in [0.29, 0.717) is 11.7 Å². The lowest BCUT2D eigenvalue weighted by Crippen LogP contribution is -2.45. The van der Waals surface area contributed by atoms with E-state index in [-0.39, 0.29) is 10.8 Å². The minimum absolute atomic E-state index is 0.00514. The van der Waals surface area contributed by atoms with Crippen LogP contribution in [0.4, 0.5) is 0 Å². The molecule has 4 aliphatic rings. The van der Waals surface area contributed by atoms with Gasteiger partial charge in [-0.1, -0.05) is 13.8 Å². The van der Waals surface area contributed by atoms with Crippen LogP contribution in [0.1, 0.15) is 33.1 Å². The fourth-order valence-corrected chi connectivity index (χ4v) is 6.96. The second kappa shape index (κ2) is 1.89. The fourth-order valence-electron chi connectivity index (χ4n) is 4.64. The van der Waals surface area contributed by atoms with Crippen molar-refractivity contribution < 1.29 is 13.3 Å². The Bertz CT molecular complexity index is 471. The molecule has 15 heavy (non-hydrogen) atoms. The summed E-state index contributed by atoms with van der Waals surface area (Å²) in [6, 6.07) is 0. The zero-order valence-electron chi connectivity index (χ0n) is 8.99. The maximum Gasteiger partial charge on any atom is 0.239 e. The van der Waals surface area contributed by atoms with Gasteiger partial charge >= 0.3 is 0 Å². The number of hydrogen-bond acceptors (Lipinski definition) is 3. The van der Waals surface area contributed by atoms with Crippen LogP contribution in [0.15, 0.2) is 0 Å². The van der Waals surface area contributed by atoms with Crippen LogP contribution < -0.4 is 0 Å². The molecule has 0 aromatic carbocycles.